The number of hydrogen-bond donors (Lipinski definition) is 0. The van der Waals surface area contributed by atoms with Gasteiger partial charge >= 0.3 is 0 Å². The van der Waals surface area contributed by atoms with Crippen molar-refractivity contribution in [3.05, 3.63) is 29.0 Å². The molecule has 1 saturated carbocycles. The van der Waals surface area contributed by atoms with Crippen molar-refractivity contribution < 1.29 is 0 Å². The van der Waals surface area contributed by atoms with E-state index in [0.29, 0.717) is 0 Å². The summed E-state index contributed by atoms with van der Waals surface area (Å²) in [5, 5.41) is 0.654. The van der Waals surface area contributed by atoms with E-state index in [1.165, 1.54) is 19.3 Å². The molecule has 2 aromatic rings. The smallest absolute Gasteiger partial charge is 0.127 e. The molecule has 1 fully saturated rings. The Labute approximate surface area is 117 Å². The van der Waals surface area contributed by atoms with Gasteiger partial charge in [0.15, 0.2) is 0 Å². The van der Waals surface area contributed by atoms with Gasteiger partial charge in [-0.3, -0.25) is 0 Å². The highest BCUT2D eigenvalue weighted by molar-refractivity contribution is 6.31. The molecule has 1 aromatic carbocycles. The van der Waals surface area contributed by atoms with Crippen molar-refractivity contribution in [3.63, 3.8) is 0 Å². The summed E-state index contributed by atoms with van der Waals surface area (Å²) in [5.41, 5.74) is 2.10. The van der Waals surface area contributed by atoms with E-state index < -0.39 is 0 Å². The van der Waals surface area contributed by atoms with Crippen LogP contribution in [-0.2, 0) is 6.54 Å². The molecular formula is C14H16Cl2N2. The topological polar surface area (TPSA) is 17.8 Å². The summed E-state index contributed by atoms with van der Waals surface area (Å²) < 4.78 is 2.27. The number of aromatic nitrogens is 2. The molecule has 0 radical (unpaired) electrons. The van der Waals surface area contributed by atoms with Crippen LogP contribution in [0.5, 0.6) is 0 Å². The summed E-state index contributed by atoms with van der Waals surface area (Å²) in [5.74, 6) is 1.74. The molecule has 0 N–H and O–H groups in total. The average molecular weight is 283 g/mol. The molecule has 2 nitrogen and oxygen atoms in total. The van der Waals surface area contributed by atoms with Crippen LogP contribution in [0, 0.1) is 5.92 Å². The third-order valence-corrected chi connectivity index (χ3v) is 4.19. The highest BCUT2D eigenvalue weighted by Gasteiger charge is 2.22. The van der Waals surface area contributed by atoms with E-state index in [1.54, 1.807) is 0 Å². The van der Waals surface area contributed by atoms with Gasteiger partial charge in [0, 0.05) is 11.6 Å². The van der Waals surface area contributed by atoms with Crippen LogP contribution in [0.1, 0.15) is 37.4 Å². The van der Waals surface area contributed by atoms with Crippen molar-refractivity contribution in [2.24, 2.45) is 5.92 Å². The van der Waals surface area contributed by atoms with Gasteiger partial charge in [0.25, 0.3) is 0 Å². The van der Waals surface area contributed by atoms with Crippen LogP contribution >= 0.6 is 23.2 Å². The number of halogens is 2. The van der Waals surface area contributed by atoms with Crippen LogP contribution < -0.4 is 0 Å². The summed E-state index contributed by atoms with van der Waals surface area (Å²) in [6.45, 7) is 3.01. The molecular weight excluding hydrogens is 267 g/mol. The summed E-state index contributed by atoms with van der Waals surface area (Å²) in [6, 6.07) is 5.88. The van der Waals surface area contributed by atoms with Gasteiger partial charge in [-0.1, -0.05) is 18.0 Å². The third-order valence-electron chi connectivity index (χ3n) is 3.76. The van der Waals surface area contributed by atoms with Gasteiger partial charge in [0.2, 0.25) is 0 Å². The van der Waals surface area contributed by atoms with Gasteiger partial charge < -0.3 is 4.57 Å². The molecule has 1 heterocycles. The first-order valence-electron chi connectivity index (χ1n) is 6.45. The Morgan fingerprint density at radius 1 is 1.44 bits per heavy atom. The number of alkyl halides is 1. The second kappa shape index (κ2) is 4.75. The lowest BCUT2D eigenvalue weighted by molar-refractivity contribution is 0.276. The molecule has 0 aliphatic heterocycles. The fourth-order valence-electron chi connectivity index (χ4n) is 2.55. The molecule has 1 aliphatic carbocycles. The van der Waals surface area contributed by atoms with Gasteiger partial charge in [0.1, 0.15) is 5.82 Å². The van der Waals surface area contributed by atoms with Crippen molar-refractivity contribution in [2.75, 3.05) is 0 Å². The predicted octanol–water partition coefficient (Wildman–Crippen LogP) is 4.79. The molecule has 3 rings (SSSR count). The van der Waals surface area contributed by atoms with Crippen molar-refractivity contribution >= 4 is 34.2 Å². The number of fused-ring (bicyclic) bond motifs is 1. The first-order chi connectivity index (χ1) is 8.65. The molecule has 1 aromatic heterocycles. The maximum atomic E-state index is 6.25. The number of imidazole rings is 1. The number of hydrogen-bond acceptors (Lipinski definition) is 1. The Bertz CT molecular complexity index is 570. The normalized spacial score (nSPS) is 17.9. The van der Waals surface area contributed by atoms with Crippen LogP contribution in [0.3, 0.4) is 0 Å². The minimum absolute atomic E-state index is 0.0729. The number of rotatable bonds is 3. The monoisotopic (exact) mass is 282 g/mol. The molecule has 1 aliphatic rings. The minimum atomic E-state index is -0.0729. The van der Waals surface area contributed by atoms with E-state index in [0.717, 1.165) is 34.3 Å². The van der Waals surface area contributed by atoms with Gasteiger partial charge in [-0.05, 0) is 43.9 Å². The Morgan fingerprint density at radius 2 is 2.22 bits per heavy atom. The maximum absolute atomic E-state index is 6.25. The van der Waals surface area contributed by atoms with Gasteiger partial charge in [-0.2, -0.15) is 0 Å². The first-order valence-corrected chi connectivity index (χ1v) is 7.26. The molecule has 1 unspecified atom stereocenters. The average Bonchev–Trinajstić information content (AvgIpc) is 2.61. The largest absolute Gasteiger partial charge is 0.326 e. The second-order valence-corrected chi connectivity index (χ2v) is 6.22. The lowest BCUT2D eigenvalue weighted by Gasteiger charge is -2.27. The Morgan fingerprint density at radius 3 is 2.83 bits per heavy atom. The van der Waals surface area contributed by atoms with Gasteiger partial charge in [-0.25, -0.2) is 4.98 Å². The van der Waals surface area contributed by atoms with Crippen LogP contribution in [-0.4, -0.2) is 9.55 Å². The molecule has 1 atom stereocenters. The summed E-state index contributed by atoms with van der Waals surface area (Å²) in [4.78, 5) is 4.63. The van der Waals surface area contributed by atoms with Crippen molar-refractivity contribution in [2.45, 2.75) is 38.1 Å². The van der Waals surface area contributed by atoms with Crippen LogP contribution in [0.25, 0.3) is 11.0 Å². The second-order valence-electron chi connectivity index (χ2n) is 5.13. The standard InChI is InChI=1S/C14H16Cl2N2/c1-9(15)14-17-12-7-11(16)5-6-13(12)18(14)8-10-3-2-4-10/h5-7,9-10H,2-4,8H2,1H3. The van der Waals surface area contributed by atoms with Gasteiger partial charge in [-0.15, -0.1) is 11.6 Å². The summed E-state index contributed by atoms with van der Waals surface area (Å²) in [7, 11) is 0. The highest BCUT2D eigenvalue weighted by atomic mass is 35.5. The predicted molar refractivity (Wildman–Crippen MR) is 76.4 cm³/mol. The van der Waals surface area contributed by atoms with Gasteiger partial charge in [0.05, 0.1) is 16.4 Å². The highest BCUT2D eigenvalue weighted by Crippen LogP contribution is 2.32. The Balaban J connectivity index is 2.08. The van der Waals surface area contributed by atoms with Crippen molar-refractivity contribution in [1.82, 2.24) is 9.55 Å². The van der Waals surface area contributed by atoms with E-state index in [2.05, 4.69) is 9.55 Å². The Hall–Kier alpha value is -0.730. The van der Waals surface area contributed by atoms with Crippen molar-refractivity contribution in [3.8, 4) is 0 Å². The zero-order valence-corrected chi connectivity index (χ0v) is 11.9. The lowest BCUT2D eigenvalue weighted by Crippen LogP contribution is -2.19. The SMILES string of the molecule is CC(Cl)c1nc2cc(Cl)ccc2n1CC1CCC1. The molecule has 4 heteroatoms. The molecule has 0 bridgehead atoms. The minimum Gasteiger partial charge on any atom is -0.326 e. The zero-order valence-electron chi connectivity index (χ0n) is 10.4. The first kappa shape index (κ1) is 12.3. The van der Waals surface area contributed by atoms with E-state index in [-0.39, 0.29) is 5.38 Å². The molecule has 18 heavy (non-hydrogen) atoms. The fourth-order valence-corrected chi connectivity index (χ4v) is 2.88. The molecule has 96 valence electrons. The maximum Gasteiger partial charge on any atom is 0.127 e. The van der Waals surface area contributed by atoms with E-state index in [1.807, 2.05) is 25.1 Å². The number of benzene rings is 1. The molecule has 0 amide bonds. The molecule has 0 spiro atoms. The lowest BCUT2D eigenvalue weighted by atomic mass is 9.85. The molecule has 0 saturated heterocycles. The van der Waals surface area contributed by atoms with Crippen LogP contribution in [0.2, 0.25) is 5.02 Å². The number of nitrogens with zero attached hydrogens (tertiary/aromatic N) is 2. The third kappa shape index (κ3) is 2.12. The summed E-state index contributed by atoms with van der Waals surface area (Å²) >= 11 is 12.3. The zero-order chi connectivity index (χ0) is 12.7. The van der Waals surface area contributed by atoms with E-state index in [4.69, 9.17) is 23.2 Å². The van der Waals surface area contributed by atoms with Crippen LogP contribution in [0.4, 0.5) is 0 Å². The fraction of sp³-hybridized carbons (Fsp3) is 0.500. The quantitative estimate of drug-likeness (QED) is 0.740. The van der Waals surface area contributed by atoms with E-state index >= 15 is 0 Å². The summed E-state index contributed by atoms with van der Waals surface area (Å²) in [6.07, 6.45) is 4.00. The van der Waals surface area contributed by atoms with Crippen molar-refractivity contribution in [1.29, 1.82) is 0 Å². The Kier molecular flexibility index (Phi) is 3.25. The van der Waals surface area contributed by atoms with E-state index in [9.17, 15) is 0 Å². The van der Waals surface area contributed by atoms with Crippen LogP contribution in [0.15, 0.2) is 18.2 Å².